The highest BCUT2D eigenvalue weighted by molar-refractivity contribution is 14.1. The van der Waals surface area contributed by atoms with Crippen LogP contribution >= 0.6 is 34.8 Å². The van der Waals surface area contributed by atoms with E-state index in [0.717, 1.165) is 33.4 Å². The predicted octanol–water partition coefficient (Wildman–Crippen LogP) is 5.25. The van der Waals surface area contributed by atoms with E-state index in [1.165, 1.54) is 10.5 Å². The molecule has 2 aromatic carbocycles. The average Bonchev–Trinajstić information content (AvgIpc) is 2.91. The van der Waals surface area contributed by atoms with Crippen LogP contribution in [0.25, 0.3) is 6.08 Å². The zero-order chi connectivity index (χ0) is 20.3. The van der Waals surface area contributed by atoms with E-state index in [2.05, 4.69) is 48.6 Å². The molecule has 28 heavy (non-hydrogen) atoms. The lowest BCUT2D eigenvalue weighted by Crippen LogP contribution is -2.29. The molecule has 1 aliphatic rings. The molecule has 0 N–H and O–H groups in total. The highest BCUT2D eigenvalue weighted by atomic mass is 127. The third-order valence-electron chi connectivity index (χ3n) is 4.57. The zero-order valence-corrected chi connectivity index (χ0v) is 19.2. The van der Waals surface area contributed by atoms with E-state index in [4.69, 9.17) is 17.0 Å². The number of carbonyl (C=O) groups excluding carboxylic acids is 1. The molecule has 6 heteroatoms. The zero-order valence-electron chi connectivity index (χ0n) is 16.2. The third kappa shape index (κ3) is 4.22. The summed E-state index contributed by atoms with van der Waals surface area (Å²) in [6.45, 7) is 4.82. The summed E-state index contributed by atoms with van der Waals surface area (Å²) < 4.78 is 6.96. The van der Waals surface area contributed by atoms with Crippen LogP contribution in [0.4, 0.5) is 5.69 Å². The molecule has 1 saturated heterocycles. The minimum Gasteiger partial charge on any atom is -0.493 e. The number of halogens is 1. The van der Waals surface area contributed by atoms with Gasteiger partial charge in [-0.1, -0.05) is 26.0 Å². The van der Waals surface area contributed by atoms with E-state index in [9.17, 15) is 4.79 Å². The molecule has 1 aliphatic heterocycles. The van der Waals surface area contributed by atoms with E-state index in [-0.39, 0.29) is 5.91 Å². The summed E-state index contributed by atoms with van der Waals surface area (Å²) in [5.41, 5.74) is 3.52. The van der Waals surface area contributed by atoms with Crippen LogP contribution in [-0.2, 0) is 11.2 Å². The first-order valence-corrected chi connectivity index (χ1v) is 10.8. The first kappa shape index (κ1) is 20.8. The summed E-state index contributed by atoms with van der Waals surface area (Å²) in [5, 5.41) is 0.474. The molecule has 146 valence electrons. The fourth-order valence-electron chi connectivity index (χ4n) is 2.99. The maximum absolute atomic E-state index is 12.9. The second-order valence-electron chi connectivity index (χ2n) is 6.56. The quantitative estimate of drug-likeness (QED) is 0.305. The second kappa shape index (κ2) is 9.05. The molecular formula is C22H23IN2O2S. The van der Waals surface area contributed by atoms with Gasteiger partial charge in [0, 0.05) is 21.9 Å². The van der Waals surface area contributed by atoms with Crippen LogP contribution < -0.4 is 9.64 Å². The van der Waals surface area contributed by atoms with Gasteiger partial charge >= 0.3 is 0 Å². The number of hydrogen-bond acceptors (Lipinski definition) is 3. The van der Waals surface area contributed by atoms with Gasteiger partial charge in [-0.05, 0) is 89.6 Å². The van der Waals surface area contributed by atoms with E-state index in [1.54, 1.807) is 7.05 Å². The molecule has 0 atom stereocenters. The number of anilines is 1. The van der Waals surface area contributed by atoms with E-state index in [0.29, 0.717) is 17.4 Å². The van der Waals surface area contributed by atoms with E-state index < -0.39 is 0 Å². The Bertz CT molecular complexity index is 925. The molecular weight excluding hydrogens is 483 g/mol. The van der Waals surface area contributed by atoms with Crippen molar-refractivity contribution in [1.29, 1.82) is 0 Å². The Morgan fingerprint density at radius 1 is 1.14 bits per heavy atom. The number of rotatable bonds is 6. The van der Waals surface area contributed by atoms with Crippen molar-refractivity contribution in [2.75, 3.05) is 18.6 Å². The van der Waals surface area contributed by atoms with Gasteiger partial charge in [0.1, 0.15) is 11.4 Å². The van der Waals surface area contributed by atoms with Gasteiger partial charge in [0.05, 0.1) is 6.61 Å². The van der Waals surface area contributed by atoms with Gasteiger partial charge in [0.2, 0.25) is 0 Å². The molecule has 4 nitrogen and oxygen atoms in total. The van der Waals surface area contributed by atoms with Crippen molar-refractivity contribution in [1.82, 2.24) is 4.90 Å². The number of benzene rings is 2. The smallest absolute Gasteiger partial charge is 0.276 e. The van der Waals surface area contributed by atoms with E-state index >= 15 is 0 Å². The highest BCUT2D eigenvalue weighted by Gasteiger charge is 2.36. The van der Waals surface area contributed by atoms with Gasteiger partial charge in [-0.3, -0.25) is 14.6 Å². The fourth-order valence-corrected chi connectivity index (χ4v) is 3.79. The van der Waals surface area contributed by atoms with Crippen molar-refractivity contribution in [3.8, 4) is 5.75 Å². The highest BCUT2D eigenvalue weighted by Crippen LogP contribution is 2.32. The first-order chi connectivity index (χ1) is 13.5. The van der Waals surface area contributed by atoms with Crippen molar-refractivity contribution >= 4 is 57.6 Å². The lowest BCUT2D eigenvalue weighted by Gasteiger charge is -2.19. The molecule has 3 rings (SSSR count). The number of likely N-dealkylation sites (N-methyl/N-ethyl adjacent to an activating group) is 1. The van der Waals surface area contributed by atoms with Crippen molar-refractivity contribution in [3.05, 3.63) is 62.9 Å². The molecule has 2 aromatic rings. The SMILES string of the molecule is CCCOc1ccc(I)cc1C=C1C(=O)N(C)C(=S)N1c1ccc(CC)cc1. The molecule has 0 aliphatic carbocycles. The number of thiocarbonyl (C=S) groups is 1. The first-order valence-electron chi connectivity index (χ1n) is 9.31. The maximum atomic E-state index is 12.9. The average molecular weight is 506 g/mol. The summed E-state index contributed by atoms with van der Waals surface area (Å²) in [7, 11) is 1.71. The molecule has 1 amide bonds. The lowest BCUT2D eigenvalue weighted by atomic mass is 10.1. The Morgan fingerprint density at radius 2 is 1.86 bits per heavy atom. The minimum atomic E-state index is -0.120. The monoisotopic (exact) mass is 506 g/mol. The van der Waals surface area contributed by atoms with Crippen molar-refractivity contribution < 1.29 is 9.53 Å². The van der Waals surface area contributed by atoms with Crippen LogP contribution in [0.15, 0.2) is 48.2 Å². The van der Waals surface area contributed by atoms with Gasteiger partial charge in [0.15, 0.2) is 5.11 Å². The Hall–Kier alpha value is -1.93. The molecule has 0 spiro atoms. The molecule has 1 heterocycles. The van der Waals surface area contributed by atoms with Crippen molar-refractivity contribution in [3.63, 3.8) is 0 Å². The largest absolute Gasteiger partial charge is 0.493 e. The van der Waals surface area contributed by atoms with Crippen LogP contribution in [-0.4, -0.2) is 29.6 Å². The topological polar surface area (TPSA) is 32.8 Å². The number of amides is 1. The molecule has 0 saturated carbocycles. The Balaban J connectivity index is 2.07. The molecule has 0 radical (unpaired) electrons. The number of ether oxygens (including phenoxy) is 1. The lowest BCUT2D eigenvalue weighted by molar-refractivity contribution is -0.121. The molecule has 0 unspecified atom stereocenters. The fraction of sp³-hybridized carbons (Fsp3) is 0.273. The third-order valence-corrected chi connectivity index (χ3v) is 5.70. The predicted molar refractivity (Wildman–Crippen MR) is 127 cm³/mol. The van der Waals surface area contributed by atoms with Crippen LogP contribution in [0.3, 0.4) is 0 Å². The van der Waals surface area contributed by atoms with Gasteiger partial charge < -0.3 is 4.74 Å². The number of nitrogens with zero attached hydrogens (tertiary/aromatic N) is 2. The Kier molecular flexibility index (Phi) is 6.72. The van der Waals surface area contributed by atoms with Gasteiger partial charge in [-0.2, -0.15) is 0 Å². The van der Waals surface area contributed by atoms with Crippen LogP contribution in [0.5, 0.6) is 5.75 Å². The normalized spacial score (nSPS) is 15.6. The summed E-state index contributed by atoms with van der Waals surface area (Å²) in [4.78, 5) is 16.3. The van der Waals surface area contributed by atoms with Crippen LogP contribution in [0.1, 0.15) is 31.4 Å². The summed E-state index contributed by atoms with van der Waals surface area (Å²) >= 11 is 7.83. The summed E-state index contributed by atoms with van der Waals surface area (Å²) in [6.07, 6.45) is 3.76. The number of aryl methyl sites for hydroxylation is 1. The van der Waals surface area contributed by atoms with Gasteiger partial charge in [0.25, 0.3) is 5.91 Å². The molecule has 0 aromatic heterocycles. The maximum Gasteiger partial charge on any atom is 0.276 e. The van der Waals surface area contributed by atoms with Crippen LogP contribution in [0, 0.1) is 3.57 Å². The van der Waals surface area contributed by atoms with Gasteiger partial charge in [-0.15, -0.1) is 0 Å². The Morgan fingerprint density at radius 3 is 2.50 bits per heavy atom. The van der Waals surface area contributed by atoms with Crippen LogP contribution in [0.2, 0.25) is 0 Å². The Labute approximate surface area is 185 Å². The second-order valence-corrected chi connectivity index (χ2v) is 8.17. The molecule has 1 fully saturated rings. The number of carbonyl (C=O) groups is 1. The summed E-state index contributed by atoms with van der Waals surface area (Å²) in [5.74, 6) is 0.647. The van der Waals surface area contributed by atoms with Crippen molar-refractivity contribution in [2.24, 2.45) is 0 Å². The van der Waals surface area contributed by atoms with E-state index in [1.807, 2.05) is 41.3 Å². The number of hydrogen-bond donors (Lipinski definition) is 0. The van der Waals surface area contributed by atoms with Crippen molar-refractivity contribution in [2.45, 2.75) is 26.7 Å². The molecule has 0 bridgehead atoms. The summed E-state index contributed by atoms with van der Waals surface area (Å²) in [6, 6.07) is 14.1. The van der Waals surface area contributed by atoms with Gasteiger partial charge in [-0.25, -0.2) is 0 Å². The standard InChI is InChI=1S/C22H23IN2O2S/c1-4-12-27-20-11-8-17(23)13-16(20)14-19-21(26)24(3)22(28)25(19)18-9-6-15(5-2)7-10-18/h6-11,13-14H,4-5,12H2,1-3H3. The minimum absolute atomic E-state index is 0.120.